The molecule has 2 rings (SSSR count). The number of hydrogen-bond donors (Lipinski definition) is 2. The minimum Gasteiger partial charge on any atom is -0.378 e. The highest BCUT2D eigenvalue weighted by atomic mass is 32.1. The normalized spacial score (nSPS) is 16.0. The summed E-state index contributed by atoms with van der Waals surface area (Å²) in [6.45, 7) is 3.60. The zero-order valence-electron chi connectivity index (χ0n) is 12.6. The Bertz CT molecular complexity index is 389. The lowest BCUT2D eigenvalue weighted by atomic mass is 10.1. The van der Waals surface area contributed by atoms with Gasteiger partial charge in [-0.2, -0.15) is 0 Å². The first-order valence-corrected chi connectivity index (χ1v) is 8.84. The van der Waals surface area contributed by atoms with Gasteiger partial charge in [-0.05, 0) is 56.6 Å². The van der Waals surface area contributed by atoms with E-state index in [-0.39, 0.29) is 5.91 Å². The number of carbonyl (C=O) groups is 1. The topological polar surface area (TPSA) is 50.4 Å². The summed E-state index contributed by atoms with van der Waals surface area (Å²) >= 11 is 1.76. The molecule has 21 heavy (non-hydrogen) atoms. The predicted molar refractivity (Wildman–Crippen MR) is 86.7 cm³/mol. The van der Waals surface area contributed by atoms with E-state index in [0.717, 1.165) is 58.3 Å². The van der Waals surface area contributed by atoms with E-state index in [2.05, 4.69) is 28.1 Å². The summed E-state index contributed by atoms with van der Waals surface area (Å²) < 4.78 is 5.80. The Morgan fingerprint density at radius 3 is 3.00 bits per heavy atom. The van der Waals surface area contributed by atoms with Gasteiger partial charge in [0, 0.05) is 24.4 Å². The van der Waals surface area contributed by atoms with Crippen LogP contribution < -0.4 is 10.6 Å². The van der Waals surface area contributed by atoms with Crippen molar-refractivity contribution in [2.24, 2.45) is 0 Å². The highest BCUT2D eigenvalue weighted by Gasteiger charge is 2.12. The monoisotopic (exact) mass is 310 g/mol. The van der Waals surface area contributed by atoms with Crippen LogP contribution in [0.4, 0.5) is 0 Å². The summed E-state index contributed by atoms with van der Waals surface area (Å²) in [5, 5.41) is 8.38. The molecule has 1 amide bonds. The second kappa shape index (κ2) is 9.92. The minimum atomic E-state index is 0.161. The van der Waals surface area contributed by atoms with Gasteiger partial charge < -0.3 is 15.4 Å². The number of piperidine rings is 1. The van der Waals surface area contributed by atoms with Crippen LogP contribution in [-0.2, 0) is 16.0 Å². The van der Waals surface area contributed by atoms with Crippen molar-refractivity contribution in [3.63, 3.8) is 0 Å². The van der Waals surface area contributed by atoms with E-state index in [1.165, 1.54) is 4.88 Å². The molecule has 1 aliphatic rings. The molecule has 1 saturated heterocycles. The number of ether oxygens (including phenoxy) is 1. The fourth-order valence-corrected chi connectivity index (χ4v) is 3.23. The summed E-state index contributed by atoms with van der Waals surface area (Å²) in [5.74, 6) is 0.161. The van der Waals surface area contributed by atoms with Crippen molar-refractivity contribution in [3.05, 3.63) is 22.4 Å². The third kappa shape index (κ3) is 7.07. The molecule has 2 heterocycles. The van der Waals surface area contributed by atoms with Crippen molar-refractivity contribution in [1.29, 1.82) is 0 Å². The fourth-order valence-electron chi connectivity index (χ4n) is 2.48. The molecule has 0 unspecified atom stereocenters. The highest BCUT2D eigenvalue weighted by molar-refractivity contribution is 7.09. The van der Waals surface area contributed by atoms with Crippen molar-refractivity contribution in [2.75, 3.05) is 26.2 Å². The largest absolute Gasteiger partial charge is 0.378 e. The van der Waals surface area contributed by atoms with E-state index >= 15 is 0 Å². The van der Waals surface area contributed by atoms with Crippen LogP contribution in [0, 0.1) is 0 Å². The number of carbonyl (C=O) groups excluding carboxylic acids is 1. The van der Waals surface area contributed by atoms with Gasteiger partial charge in [-0.3, -0.25) is 4.79 Å². The Morgan fingerprint density at radius 2 is 2.24 bits per heavy atom. The van der Waals surface area contributed by atoms with E-state index in [9.17, 15) is 4.79 Å². The maximum atomic E-state index is 11.7. The quantitative estimate of drug-likeness (QED) is 0.688. The molecule has 118 valence electrons. The van der Waals surface area contributed by atoms with Crippen LogP contribution in [0.2, 0.25) is 0 Å². The maximum absolute atomic E-state index is 11.7. The lowest BCUT2D eigenvalue weighted by Gasteiger charge is -2.22. The van der Waals surface area contributed by atoms with Gasteiger partial charge in [0.05, 0.1) is 6.10 Å². The minimum absolute atomic E-state index is 0.161. The van der Waals surface area contributed by atoms with Gasteiger partial charge in [0.2, 0.25) is 5.91 Å². The number of rotatable bonds is 9. The first-order valence-electron chi connectivity index (χ1n) is 7.96. The predicted octanol–water partition coefficient (Wildman–Crippen LogP) is 2.35. The SMILES string of the molecule is O=C(CCCc1cccs1)NCCCOC1CCNCC1. The summed E-state index contributed by atoms with van der Waals surface area (Å²) in [6.07, 6.45) is 6.08. The van der Waals surface area contributed by atoms with Crippen molar-refractivity contribution in [3.8, 4) is 0 Å². The number of thiophene rings is 1. The van der Waals surface area contributed by atoms with Gasteiger partial charge in [-0.25, -0.2) is 0 Å². The Hall–Kier alpha value is -0.910. The van der Waals surface area contributed by atoms with Crippen molar-refractivity contribution in [2.45, 2.75) is 44.6 Å². The van der Waals surface area contributed by atoms with Crippen LogP contribution in [-0.4, -0.2) is 38.3 Å². The summed E-state index contributed by atoms with van der Waals surface area (Å²) in [7, 11) is 0. The van der Waals surface area contributed by atoms with Crippen LogP contribution in [0.3, 0.4) is 0 Å². The van der Waals surface area contributed by atoms with Crippen LogP contribution in [0.15, 0.2) is 17.5 Å². The molecule has 0 atom stereocenters. The third-order valence-electron chi connectivity index (χ3n) is 3.69. The third-order valence-corrected chi connectivity index (χ3v) is 4.63. The van der Waals surface area contributed by atoms with Gasteiger partial charge in [-0.15, -0.1) is 11.3 Å². The molecule has 5 heteroatoms. The van der Waals surface area contributed by atoms with Gasteiger partial charge in [0.1, 0.15) is 0 Å². The molecule has 0 bridgehead atoms. The molecule has 1 fully saturated rings. The average molecular weight is 310 g/mol. The number of nitrogens with one attached hydrogen (secondary N) is 2. The molecule has 0 aliphatic carbocycles. The van der Waals surface area contributed by atoms with Crippen molar-refractivity contribution >= 4 is 17.2 Å². The second-order valence-electron chi connectivity index (χ2n) is 5.46. The number of hydrogen-bond acceptors (Lipinski definition) is 4. The smallest absolute Gasteiger partial charge is 0.220 e. The van der Waals surface area contributed by atoms with E-state index in [4.69, 9.17) is 4.74 Å². The molecule has 1 aromatic heterocycles. The van der Waals surface area contributed by atoms with E-state index in [0.29, 0.717) is 12.5 Å². The highest BCUT2D eigenvalue weighted by Crippen LogP contribution is 2.11. The summed E-state index contributed by atoms with van der Waals surface area (Å²) in [6, 6.07) is 4.18. The molecular formula is C16H26N2O2S. The summed E-state index contributed by atoms with van der Waals surface area (Å²) in [5.41, 5.74) is 0. The molecule has 0 aromatic carbocycles. The average Bonchev–Trinajstić information content (AvgIpc) is 3.01. The zero-order valence-corrected chi connectivity index (χ0v) is 13.4. The lowest BCUT2D eigenvalue weighted by molar-refractivity contribution is -0.121. The van der Waals surface area contributed by atoms with Gasteiger partial charge in [0.25, 0.3) is 0 Å². The van der Waals surface area contributed by atoms with E-state index in [1.807, 2.05) is 0 Å². The van der Waals surface area contributed by atoms with Crippen molar-refractivity contribution < 1.29 is 9.53 Å². The van der Waals surface area contributed by atoms with Crippen LogP contribution in [0.5, 0.6) is 0 Å². The number of amides is 1. The molecule has 2 N–H and O–H groups in total. The first-order chi connectivity index (χ1) is 10.3. The van der Waals surface area contributed by atoms with Crippen molar-refractivity contribution in [1.82, 2.24) is 10.6 Å². The Labute approximate surface area is 131 Å². The standard InChI is InChI=1S/C16H26N2O2S/c19-16(6-1-4-15-5-2-13-21-15)18-9-3-12-20-14-7-10-17-11-8-14/h2,5,13-14,17H,1,3-4,6-12H2,(H,18,19). The molecular weight excluding hydrogens is 284 g/mol. The van der Waals surface area contributed by atoms with Gasteiger partial charge in [0.15, 0.2) is 0 Å². The van der Waals surface area contributed by atoms with Crippen LogP contribution >= 0.6 is 11.3 Å². The maximum Gasteiger partial charge on any atom is 0.220 e. The Morgan fingerprint density at radius 1 is 1.38 bits per heavy atom. The van der Waals surface area contributed by atoms with E-state index in [1.54, 1.807) is 11.3 Å². The Balaban J connectivity index is 1.42. The van der Waals surface area contributed by atoms with E-state index < -0.39 is 0 Å². The molecule has 0 saturated carbocycles. The number of aryl methyl sites for hydroxylation is 1. The van der Waals surface area contributed by atoms with Gasteiger partial charge in [-0.1, -0.05) is 6.07 Å². The molecule has 1 aromatic rings. The molecule has 4 nitrogen and oxygen atoms in total. The molecule has 0 radical (unpaired) electrons. The fraction of sp³-hybridized carbons (Fsp3) is 0.688. The Kier molecular flexibility index (Phi) is 7.78. The van der Waals surface area contributed by atoms with Crippen LogP contribution in [0.25, 0.3) is 0 Å². The summed E-state index contributed by atoms with van der Waals surface area (Å²) in [4.78, 5) is 13.0. The molecule has 0 spiro atoms. The zero-order chi connectivity index (χ0) is 14.8. The lowest BCUT2D eigenvalue weighted by Crippen LogP contribution is -2.33. The van der Waals surface area contributed by atoms with Crippen LogP contribution in [0.1, 0.15) is 37.0 Å². The first kappa shape index (κ1) is 16.5. The second-order valence-corrected chi connectivity index (χ2v) is 6.49. The molecule has 1 aliphatic heterocycles. The van der Waals surface area contributed by atoms with Gasteiger partial charge >= 0.3 is 0 Å².